The summed E-state index contributed by atoms with van der Waals surface area (Å²) in [5.74, 6) is 2.17. The number of carbonyl (C=O) groups excluding carboxylic acids is 1. The van der Waals surface area contributed by atoms with E-state index in [4.69, 9.17) is 9.47 Å². The molecule has 1 aliphatic heterocycles. The highest BCUT2D eigenvalue weighted by atomic mass is 16.7. The predicted octanol–water partition coefficient (Wildman–Crippen LogP) is 5.36. The van der Waals surface area contributed by atoms with Crippen LogP contribution in [0.15, 0.2) is 48.5 Å². The van der Waals surface area contributed by atoms with Crippen molar-refractivity contribution in [3.05, 3.63) is 65.2 Å². The third-order valence-corrected chi connectivity index (χ3v) is 5.10. The summed E-state index contributed by atoms with van der Waals surface area (Å²) in [6, 6.07) is 13.8. The van der Waals surface area contributed by atoms with Gasteiger partial charge in [-0.2, -0.15) is 0 Å². The highest BCUT2D eigenvalue weighted by Gasteiger charge is 2.16. The first-order chi connectivity index (χ1) is 12.3. The molecule has 0 amide bonds. The molecule has 0 spiro atoms. The number of ketones is 1. The van der Waals surface area contributed by atoms with Crippen molar-refractivity contribution in [3.63, 3.8) is 0 Å². The van der Waals surface area contributed by atoms with Crippen molar-refractivity contribution in [2.24, 2.45) is 0 Å². The van der Waals surface area contributed by atoms with E-state index >= 15 is 0 Å². The highest BCUT2D eigenvalue weighted by Crippen LogP contribution is 2.33. The molecule has 128 valence electrons. The maximum Gasteiger partial charge on any atom is 0.231 e. The van der Waals surface area contributed by atoms with Crippen molar-refractivity contribution in [1.82, 2.24) is 0 Å². The summed E-state index contributed by atoms with van der Waals surface area (Å²) in [4.78, 5) is 12.4. The van der Waals surface area contributed by atoms with Crippen molar-refractivity contribution in [3.8, 4) is 11.5 Å². The van der Waals surface area contributed by atoms with Gasteiger partial charge in [-0.15, -0.1) is 0 Å². The van der Waals surface area contributed by atoms with Crippen LogP contribution in [0, 0.1) is 0 Å². The topological polar surface area (TPSA) is 35.5 Å². The van der Waals surface area contributed by atoms with Gasteiger partial charge in [-0.1, -0.05) is 55.7 Å². The van der Waals surface area contributed by atoms with Crippen molar-refractivity contribution in [2.45, 2.75) is 38.0 Å². The summed E-state index contributed by atoms with van der Waals surface area (Å²) in [6.45, 7) is 0.259. The largest absolute Gasteiger partial charge is 0.454 e. The number of hydrogen-bond donors (Lipinski definition) is 0. The Morgan fingerprint density at radius 2 is 1.68 bits per heavy atom. The van der Waals surface area contributed by atoms with Gasteiger partial charge in [0.1, 0.15) is 0 Å². The number of hydrogen-bond acceptors (Lipinski definition) is 3. The second kappa shape index (κ2) is 7.14. The van der Waals surface area contributed by atoms with Gasteiger partial charge in [0.25, 0.3) is 0 Å². The lowest BCUT2D eigenvalue weighted by Crippen LogP contribution is -2.04. The first-order valence-corrected chi connectivity index (χ1v) is 9.01. The standard InChI is InChI=1S/C22H22O3/c23-20(12-6-16-7-13-21-22(14-16)25-15-24-21)19-10-8-18(9-11-19)17-4-2-1-3-5-17/h6-14,17H,1-5,15H2. The van der Waals surface area contributed by atoms with Gasteiger partial charge in [0, 0.05) is 5.56 Å². The summed E-state index contributed by atoms with van der Waals surface area (Å²) < 4.78 is 10.7. The Labute approximate surface area is 148 Å². The van der Waals surface area contributed by atoms with Crippen molar-refractivity contribution >= 4 is 11.9 Å². The molecule has 0 N–H and O–H groups in total. The van der Waals surface area contributed by atoms with E-state index in [0.717, 1.165) is 22.6 Å². The van der Waals surface area contributed by atoms with E-state index < -0.39 is 0 Å². The Kier molecular flexibility index (Phi) is 4.55. The van der Waals surface area contributed by atoms with Crippen LogP contribution in [0.3, 0.4) is 0 Å². The highest BCUT2D eigenvalue weighted by molar-refractivity contribution is 6.06. The Hall–Kier alpha value is -2.55. The lowest BCUT2D eigenvalue weighted by atomic mass is 9.84. The van der Waals surface area contributed by atoms with E-state index in [2.05, 4.69) is 12.1 Å². The number of benzene rings is 2. The first-order valence-electron chi connectivity index (χ1n) is 9.01. The van der Waals surface area contributed by atoms with Gasteiger partial charge in [0.05, 0.1) is 0 Å². The SMILES string of the molecule is O=C(C=Cc1ccc2c(c1)OCO2)c1ccc(C2CCCCC2)cc1. The fraction of sp³-hybridized carbons (Fsp3) is 0.318. The van der Waals surface area contributed by atoms with Crippen LogP contribution in [-0.4, -0.2) is 12.6 Å². The second-order valence-corrected chi connectivity index (χ2v) is 6.77. The lowest BCUT2D eigenvalue weighted by molar-refractivity contribution is 0.104. The zero-order valence-corrected chi connectivity index (χ0v) is 14.2. The van der Waals surface area contributed by atoms with Crippen molar-refractivity contribution < 1.29 is 14.3 Å². The molecule has 0 bridgehead atoms. The number of rotatable bonds is 4. The normalized spacial score (nSPS) is 17.1. The zero-order chi connectivity index (χ0) is 17.1. The van der Waals surface area contributed by atoms with Crippen LogP contribution in [0.2, 0.25) is 0 Å². The second-order valence-electron chi connectivity index (χ2n) is 6.77. The molecule has 0 saturated heterocycles. The van der Waals surface area contributed by atoms with E-state index in [1.165, 1.54) is 37.7 Å². The number of fused-ring (bicyclic) bond motifs is 1. The Morgan fingerprint density at radius 3 is 2.48 bits per heavy atom. The van der Waals surface area contributed by atoms with Gasteiger partial charge in [-0.25, -0.2) is 0 Å². The quantitative estimate of drug-likeness (QED) is 0.558. The average molecular weight is 334 g/mol. The molecule has 0 radical (unpaired) electrons. The van der Waals surface area contributed by atoms with Crippen LogP contribution < -0.4 is 9.47 Å². The molecule has 2 aromatic carbocycles. The molecule has 25 heavy (non-hydrogen) atoms. The van der Waals surface area contributed by atoms with E-state index in [-0.39, 0.29) is 12.6 Å². The van der Waals surface area contributed by atoms with E-state index in [9.17, 15) is 4.79 Å². The third-order valence-electron chi connectivity index (χ3n) is 5.10. The van der Waals surface area contributed by atoms with E-state index in [1.807, 2.05) is 36.4 Å². The number of carbonyl (C=O) groups is 1. The minimum atomic E-state index is 0.0212. The van der Waals surface area contributed by atoms with Crippen LogP contribution in [0.25, 0.3) is 6.08 Å². The van der Waals surface area contributed by atoms with Crippen molar-refractivity contribution in [2.75, 3.05) is 6.79 Å². The summed E-state index contributed by atoms with van der Waals surface area (Å²) >= 11 is 0. The molecule has 1 aliphatic carbocycles. The smallest absolute Gasteiger partial charge is 0.231 e. The molecule has 4 rings (SSSR count). The van der Waals surface area contributed by atoms with E-state index in [1.54, 1.807) is 6.08 Å². The van der Waals surface area contributed by atoms with Crippen LogP contribution in [0.5, 0.6) is 11.5 Å². The van der Waals surface area contributed by atoms with Gasteiger partial charge in [-0.05, 0) is 48.1 Å². The van der Waals surface area contributed by atoms with Gasteiger partial charge >= 0.3 is 0 Å². The molecule has 1 fully saturated rings. The molecular formula is C22H22O3. The Bertz CT molecular complexity index is 783. The first kappa shape index (κ1) is 15.9. The lowest BCUT2D eigenvalue weighted by Gasteiger charge is -2.21. The fourth-order valence-electron chi connectivity index (χ4n) is 3.64. The minimum absolute atomic E-state index is 0.0212. The van der Waals surface area contributed by atoms with Crippen LogP contribution in [0.4, 0.5) is 0 Å². The Morgan fingerprint density at radius 1 is 0.920 bits per heavy atom. The average Bonchev–Trinajstić information content (AvgIpc) is 3.15. The zero-order valence-electron chi connectivity index (χ0n) is 14.2. The number of allylic oxidation sites excluding steroid dienone is 1. The molecule has 1 saturated carbocycles. The molecule has 0 atom stereocenters. The molecule has 0 aromatic heterocycles. The summed E-state index contributed by atoms with van der Waals surface area (Å²) in [6.07, 6.45) is 9.99. The molecule has 2 aliphatic rings. The summed E-state index contributed by atoms with van der Waals surface area (Å²) in [5, 5.41) is 0. The van der Waals surface area contributed by atoms with Crippen LogP contribution in [-0.2, 0) is 0 Å². The molecule has 1 heterocycles. The van der Waals surface area contributed by atoms with Gasteiger partial charge in [0.2, 0.25) is 6.79 Å². The van der Waals surface area contributed by atoms with E-state index in [0.29, 0.717) is 5.92 Å². The summed E-state index contributed by atoms with van der Waals surface area (Å²) in [7, 11) is 0. The monoisotopic (exact) mass is 334 g/mol. The van der Waals surface area contributed by atoms with Gasteiger partial charge in [0.15, 0.2) is 17.3 Å². The molecular weight excluding hydrogens is 312 g/mol. The van der Waals surface area contributed by atoms with Crippen LogP contribution >= 0.6 is 0 Å². The predicted molar refractivity (Wildman–Crippen MR) is 98.2 cm³/mol. The maximum atomic E-state index is 12.4. The van der Waals surface area contributed by atoms with Crippen molar-refractivity contribution in [1.29, 1.82) is 0 Å². The third kappa shape index (κ3) is 3.60. The minimum Gasteiger partial charge on any atom is -0.454 e. The number of ether oxygens (including phenoxy) is 2. The van der Waals surface area contributed by atoms with Gasteiger partial charge in [-0.3, -0.25) is 4.79 Å². The molecule has 2 aromatic rings. The molecule has 3 nitrogen and oxygen atoms in total. The maximum absolute atomic E-state index is 12.4. The van der Waals surface area contributed by atoms with Crippen LogP contribution in [0.1, 0.15) is 59.5 Å². The Balaban J connectivity index is 1.43. The molecule has 3 heteroatoms. The molecule has 0 unspecified atom stereocenters. The van der Waals surface area contributed by atoms with Gasteiger partial charge < -0.3 is 9.47 Å². The fourth-order valence-corrected chi connectivity index (χ4v) is 3.64. The summed E-state index contributed by atoms with van der Waals surface area (Å²) in [5.41, 5.74) is 3.03.